The molecule has 3 aliphatic rings. The molecule has 2 unspecified atom stereocenters. The van der Waals surface area contributed by atoms with Gasteiger partial charge < -0.3 is 10.0 Å². The fourth-order valence-corrected chi connectivity index (χ4v) is 7.21. The van der Waals surface area contributed by atoms with Gasteiger partial charge in [-0.3, -0.25) is 19.8 Å². The zero-order valence-corrected chi connectivity index (χ0v) is 23.4. The van der Waals surface area contributed by atoms with Crippen LogP contribution in [0.2, 0.25) is 0 Å². The van der Waals surface area contributed by atoms with Crippen LogP contribution in [-0.2, 0) is 28.0 Å². The molecule has 2 fully saturated rings. The quantitative estimate of drug-likeness (QED) is 0.415. The number of aliphatic hydroxyl groups excluding tert-OH is 1. The van der Waals surface area contributed by atoms with Gasteiger partial charge in [0, 0.05) is 18.5 Å². The molecule has 0 aliphatic carbocycles. The lowest BCUT2D eigenvalue weighted by atomic mass is 9.70. The van der Waals surface area contributed by atoms with E-state index in [9.17, 15) is 20.0 Å². The first kappa shape index (κ1) is 27.5. The number of unbranched alkanes of at least 4 members (excludes halogenated alkanes) is 1. The lowest BCUT2D eigenvalue weighted by molar-refractivity contribution is -0.141. The fraction of sp³-hybridized carbons (Fsp3) is 0.531. The number of hydrogen-bond acceptors (Lipinski definition) is 6. The summed E-state index contributed by atoms with van der Waals surface area (Å²) >= 11 is 0. The molecule has 2 amide bonds. The Kier molecular flexibility index (Phi) is 7.91. The molecule has 3 heterocycles. The van der Waals surface area contributed by atoms with Gasteiger partial charge in [0.2, 0.25) is 11.8 Å². The van der Waals surface area contributed by atoms with E-state index < -0.39 is 17.7 Å². The zero-order valence-electron chi connectivity index (χ0n) is 23.4. The van der Waals surface area contributed by atoms with E-state index in [4.69, 9.17) is 0 Å². The van der Waals surface area contributed by atoms with E-state index in [0.717, 1.165) is 62.9 Å². The van der Waals surface area contributed by atoms with E-state index in [-0.39, 0.29) is 11.8 Å². The molecule has 2 saturated heterocycles. The predicted molar refractivity (Wildman–Crippen MR) is 150 cm³/mol. The van der Waals surface area contributed by atoms with Crippen LogP contribution in [0, 0.1) is 32.1 Å². The highest BCUT2D eigenvalue weighted by molar-refractivity contribution is 6.00. The summed E-state index contributed by atoms with van der Waals surface area (Å²) in [6.07, 6.45) is 4.71. The van der Waals surface area contributed by atoms with Crippen LogP contribution >= 0.6 is 0 Å². The molecule has 2 atom stereocenters. The van der Waals surface area contributed by atoms with Crippen molar-refractivity contribution in [1.82, 2.24) is 15.1 Å². The molecule has 2 N–H and O–H groups in total. The minimum Gasteiger partial charge on any atom is -0.374 e. The zero-order chi connectivity index (χ0) is 27.7. The Labute approximate surface area is 231 Å². The monoisotopic (exact) mass is 528 g/mol. The minimum atomic E-state index is -0.821. The van der Waals surface area contributed by atoms with Crippen LogP contribution in [0.4, 0.5) is 0 Å². The lowest BCUT2D eigenvalue weighted by Crippen LogP contribution is -2.51. The number of amides is 2. The maximum Gasteiger partial charge on any atom is 0.244 e. The summed E-state index contributed by atoms with van der Waals surface area (Å²) in [6.45, 7) is 9.83. The van der Waals surface area contributed by atoms with Gasteiger partial charge in [-0.15, -0.1) is 0 Å². The molecule has 39 heavy (non-hydrogen) atoms. The molecule has 0 spiro atoms. The van der Waals surface area contributed by atoms with Crippen molar-refractivity contribution in [3.63, 3.8) is 0 Å². The van der Waals surface area contributed by atoms with E-state index in [1.807, 2.05) is 17.0 Å². The van der Waals surface area contributed by atoms with Crippen LogP contribution < -0.4 is 5.32 Å². The molecule has 0 saturated carbocycles. The van der Waals surface area contributed by atoms with E-state index in [0.29, 0.717) is 19.4 Å². The van der Waals surface area contributed by atoms with Gasteiger partial charge in [-0.25, -0.2) is 0 Å². The van der Waals surface area contributed by atoms with Gasteiger partial charge in [0.05, 0.1) is 17.5 Å². The predicted octanol–water partition coefficient (Wildman–Crippen LogP) is 4.10. The van der Waals surface area contributed by atoms with Crippen LogP contribution in [0.3, 0.4) is 0 Å². The summed E-state index contributed by atoms with van der Waals surface area (Å²) in [7, 11) is 0. The Morgan fingerprint density at radius 1 is 1.10 bits per heavy atom. The van der Waals surface area contributed by atoms with E-state index in [1.165, 1.54) is 27.8 Å². The molecule has 5 rings (SSSR count). The number of fused-ring (bicyclic) bond motifs is 1. The van der Waals surface area contributed by atoms with E-state index in [1.54, 1.807) is 0 Å². The number of piperidine rings is 2. The third-order valence-corrected chi connectivity index (χ3v) is 9.10. The molecule has 0 aromatic heterocycles. The highest BCUT2D eigenvalue weighted by Gasteiger charge is 2.41. The number of hydrogen-bond donors (Lipinski definition) is 2. The Morgan fingerprint density at radius 2 is 1.82 bits per heavy atom. The highest BCUT2D eigenvalue weighted by atomic mass is 16.3. The molecular formula is C32H40N4O3. The average Bonchev–Trinajstić information content (AvgIpc) is 3.23. The Balaban J connectivity index is 1.15. The number of nitrogens with one attached hydrogen (secondary N) is 1. The number of nitrogens with zero attached hydrogens (tertiary/aromatic N) is 3. The highest BCUT2D eigenvalue weighted by Crippen LogP contribution is 2.40. The van der Waals surface area contributed by atoms with Gasteiger partial charge in [-0.1, -0.05) is 35.9 Å². The van der Waals surface area contributed by atoms with Crippen molar-refractivity contribution < 1.29 is 14.7 Å². The molecule has 2 aromatic rings. The van der Waals surface area contributed by atoms with Gasteiger partial charge in [0.25, 0.3) is 0 Å². The molecular weight excluding hydrogens is 488 g/mol. The number of carbonyl (C=O) groups excluding carboxylic acids is 2. The summed E-state index contributed by atoms with van der Waals surface area (Å²) in [5, 5.41) is 23.6. The Bertz CT molecular complexity index is 1280. The number of aliphatic hydroxyl groups is 1. The standard InChI is InChI=1S/C32H40N4O3/c1-21-17-22(2)29(23(3)18-21)32(20-33)12-15-35(16-13-32)14-5-4-7-24-8-6-9-25-26(24)19-36(31(25)39)27-10-11-28(37)34-30(27)38/h6,8-9,17-18,27,31,39H,4-5,7,10-16,19H2,1-3H3,(H,34,37,38). The summed E-state index contributed by atoms with van der Waals surface area (Å²) in [4.78, 5) is 28.3. The number of nitriles is 1. The average molecular weight is 529 g/mol. The van der Waals surface area contributed by atoms with Crippen molar-refractivity contribution in [3.8, 4) is 6.07 Å². The van der Waals surface area contributed by atoms with Gasteiger partial charge in [-0.05, 0) is 107 Å². The lowest BCUT2D eigenvalue weighted by Gasteiger charge is -2.39. The molecule has 2 aromatic carbocycles. The number of benzene rings is 2. The topological polar surface area (TPSA) is 96.7 Å². The first-order valence-corrected chi connectivity index (χ1v) is 14.3. The van der Waals surface area contributed by atoms with Crippen LogP contribution in [0.1, 0.15) is 83.7 Å². The summed E-state index contributed by atoms with van der Waals surface area (Å²) < 4.78 is 0. The summed E-state index contributed by atoms with van der Waals surface area (Å²) in [5.41, 5.74) is 7.80. The van der Waals surface area contributed by atoms with Gasteiger partial charge in [-0.2, -0.15) is 5.26 Å². The van der Waals surface area contributed by atoms with E-state index >= 15 is 0 Å². The van der Waals surface area contributed by atoms with Crippen LogP contribution in [0.5, 0.6) is 0 Å². The first-order chi connectivity index (χ1) is 18.7. The van der Waals surface area contributed by atoms with E-state index in [2.05, 4.69) is 55.3 Å². The third kappa shape index (κ3) is 5.38. The SMILES string of the molecule is Cc1cc(C)c(C2(C#N)CCN(CCCCc3cccc4c3CN(C3CCC(=O)NC3=O)C4O)CC2)c(C)c1. The molecule has 3 aliphatic heterocycles. The number of imide groups is 1. The maximum atomic E-state index is 12.4. The van der Waals surface area contributed by atoms with Crippen LogP contribution in [-0.4, -0.2) is 52.4 Å². The van der Waals surface area contributed by atoms with Gasteiger partial charge in [0.1, 0.15) is 6.23 Å². The van der Waals surface area contributed by atoms with Crippen molar-refractivity contribution in [2.45, 2.75) is 89.9 Å². The Morgan fingerprint density at radius 3 is 2.49 bits per heavy atom. The molecule has 206 valence electrons. The first-order valence-electron chi connectivity index (χ1n) is 14.3. The fourth-order valence-electron chi connectivity index (χ4n) is 7.21. The molecule has 7 heteroatoms. The molecule has 7 nitrogen and oxygen atoms in total. The second-order valence-electron chi connectivity index (χ2n) is 11.8. The van der Waals surface area contributed by atoms with Gasteiger partial charge >= 0.3 is 0 Å². The molecule has 0 bridgehead atoms. The van der Waals surface area contributed by atoms with Crippen molar-refractivity contribution in [1.29, 1.82) is 5.26 Å². The maximum absolute atomic E-state index is 12.4. The second-order valence-corrected chi connectivity index (χ2v) is 11.8. The van der Waals surface area contributed by atoms with Crippen LogP contribution in [0.25, 0.3) is 0 Å². The summed E-state index contributed by atoms with van der Waals surface area (Å²) in [6, 6.07) is 12.7. The minimum absolute atomic E-state index is 0.240. The molecule has 0 radical (unpaired) electrons. The number of rotatable bonds is 7. The third-order valence-electron chi connectivity index (χ3n) is 9.10. The van der Waals surface area contributed by atoms with Crippen molar-refractivity contribution >= 4 is 11.8 Å². The van der Waals surface area contributed by atoms with Gasteiger partial charge in [0.15, 0.2) is 0 Å². The van der Waals surface area contributed by atoms with Crippen molar-refractivity contribution in [3.05, 3.63) is 69.3 Å². The Hall–Kier alpha value is -3.05. The van der Waals surface area contributed by atoms with Crippen molar-refractivity contribution in [2.75, 3.05) is 19.6 Å². The normalized spacial score (nSPS) is 23.4. The summed E-state index contributed by atoms with van der Waals surface area (Å²) in [5.74, 6) is -0.551. The second kappa shape index (κ2) is 11.2. The number of carbonyl (C=O) groups is 2. The smallest absolute Gasteiger partial charge is 0.244 e. The number of likely N-dealkylation sites (tertiary alicyclic amines) is 1. The number of aryl methyl sites for hydroxylation is 4. The largest absolute Gasteiger partial charge is 0.374 e. The van der Waals surface area contributed by atoms with Crippen LogP contribution in [0.15, 0.2) is 30.3 Å². The van der Waals surface area contributed by atoms with Crippen molar-refractivity contribution in [2.24, 2.45) is 0 Å².